The summed E-state index contributed by atoms with van der Waals surface area (Å²) in [6, 6.07) is 93.4. The van der Waals surface area contributed by atoms with Gasteiger partial charge in [-0.15, -0.1) is 11.3 Å². The number of hydrogen-bond donors (Lipinski definition) is 0. The average Bonchev–Trinajstić information content (AvgIpc) is 4.39. The van der Waals surface area contributed by atoms with Gasteiger partial charge >= 0.3 is 0 Å². The Morgan fingerprint density at radius 3 is 1.28 bits per heavy atom. The highest BCUT2D eigenvalue weighted by atomic mass is 32.1. The standard InChI is InChI=1S/C76H48N2S/c1-3-20-50(21-4-1)77-66-35-17-15-24-52(66)54-41-38-48(45-68(54)77)73-58-28-9-7-26-56(58)72(57-27-8-10-29-59(57)73)47-40-43-70-65(44-47)76-64(34-19-37-71(76)79-70)75-62-32-13-11-30-60(62)74(61-31-12-14-33-63(61)75)49-39-42-55-53-25-16-18-36-67(53)78(69(55)46-49)51-22-5-2-6-23-51/h1-3,5-20,22-46H,4,21H2. The first kappa shape index (κ1) is 44.3. The minimum Gasteiger partial charge on any atom is -0.313 e. The van der Waals surface area contributed by atoms with Gasteiger partial charge in [0.25, 0.3) is 0 Å². The van der Waals surface area contributed by atoms with Crippen LogP contribution in [0.15, 0.2) is 267 Å². The van der Waals surface area contributed by atoms with Crippen LogP contribution in [-0.2, 0) is 0 Å². The lowest BCUT2D eigenvalue weighted by Gasteiger charge is -2.19. The topological polar surface area (TPSA) is 9.86 Å². The molecule has 0 saturated carbocycles. The molecule has 0 bridgehead atoms. The lowest BCUT2D eigenvalue weighted by atomic mass is 9.84. The summed E-state index contributed by atoms with van der Waals surface area (Å²) >= 11 is 1.90. The maximum absolute atomic E-state index is 2.51. The van der Waals surface area contributed by atoms with Crippen LogP contribution in [0.25, 0.3) is 163 Å². The quantitative estimate of drug-likeness (QED) is 0.147. The number of allylic oxidation sites excluding steroid dienone is 4. The Morgan fingerprint density at radius 1 is 0.304 bits per heavy atom. The summed E-state index contributed by atoms with van der Waals surface area (Å²) in [6.45, 7) is 0. The Kier molecular flexibility index (Phi) is 9.74. The Labute approximate surface area is 460 Å². The van der Waals surface area contributed by atoms with E-state index >= 15 is 0 Å². The maximum Gasteiger partial charge on any atom is 0.0547 e. The van der Waals surface area contributed by atoms with Crippen molar-refractivity contribution in [2.45, 2.75) is 12.8 Å². The molecular formula is C76H48N2S. The molecule has 3 heteroatoms. The molecule has 2 nitrogen and oxygen atoms in total. The van der Waals surface area contributed by atoms with Gasteiger partial charge in [0.05, 0.1) is 22.1 Å². The molecule has 3 heterocycles. The molecule has 0 aliphatic heterocycles. The lowest BCUT2D eigenvalue weighted by molar-refractivity contribution is 0.979. The minimum atomic E-state index is 1.01. The number of hydrogen-bond acceptors (Lipinski definition) is 1. The fraction of sp³-hybridized carbons (Fsp3) is 0.0263. The Morgan fingerprint density at radius 2 is 0.747 bits per heavy atom. The number of rotatable bonds is 6. The molecule has 0 radical (unpaired) electrons. The number of benzene rings is 13. The van der Waals surface area contributed by atoms with Crippen LogP contribution in [0.4, 0.5) is 0 Å². The van der Waals surface area contributed by atoms with Crippen LogP contribution < -0.4 is 0 Å². The summed E-state index contributed by atoms with van der Waals surface area (Å²) in [6.07, 6.45) is 8.86. The lowest BCUT2D eigenvalue weighted by Crippen LogP contribution is -1.99. The molecule has 79 heavy (non-hydrogen) atoms. The zero-order valence-corrected chi connectivity index (χ0v) is 43.9. The summed E-state index contributed by atoms with van der Waals surface area (Å²) in [5.74, 6) is 0. The molecule has 0 spiro atoms. The number of thiophene rings is 1. The highest BCUT2D eigenvalue weighted by molar-refractivity contribution is 7.26. The normalized spacial score (nSPS) is 13.0. The average molecular weight is 1020 g/mol. The molecule has 368 valence electrons. The second kappa shape index (κ2) is 17.4. The molecular weight excluding hydrogens is 973 g/mol. The zero-order chi connectivity index (χ0) is 51.7. The summed E-state index contributed by atoms with van der Waals surface area (Å²) in [4.78, 5) is 0. The molecule has 16 aromatic rings. The van der Waals surface area contributed by atoms with Crippen LogP contribution in [0.1, 0.15) is 12.8 Å². The van der Waals surface area contributed by atoms with Crippen LogP contribution in [0.5, 0.6) is 0 Å². The molecule has 0 fully saturated rings. The zero-order valence-electron chi connectivity index (χ0n) is 43.1. The third-order valence-electron chi connectivity index (χ3n) is 17.1. The first-order valence-corrected chi connectivity index (χ1v) is 28.4. The van der Waals surface area contributed by atoms with E-state index in [0.717, 1.165) is 18.5 Å². The smallest absolute Gasteiger partial charge is 0.0547 e. The highest BCUT2D eigenvalue weighted by Gasteiger charge is 2.24. The Balaban J connectivity index is 0.874. The second-order valence-corrected chi connectivity index (χ2v) is 22.4. The van der Waals surface area contributed by atoms with Crippen molar-refractivity contribution in [3.63, 3.8) is 0 Å². The van der Waals surface area contributed by atoms with Crippen molar-refractivity contribution in [3.8, 4) is 50.2 Å². The number of para-hydroxylation sites is 3. The Bertz CT molecular complexity index is 5200. The van der Waals surface area contributed by atoms with Crippen molar-refractivity contribution in [2.75, 3.05) is 0 Å². The number of aromatic nitrogens is 2. The third kappa shape index (κ3) is 6.58. The Hall–Kier alpha value is -9.80. The summed E-state index contributed by atoms with van der Waals surface area (Å²) in [5, 5.41) is 17.7. The van der Waals surface area contributed by atoms with Crippen LogP contribution in [0.3, 0.4) is 0 Å². The van der Waals surface area contributed by atoms with Gasteiger partial charge in [-0.1, -0.05) is 206 Å². The van der Waals surface area contributed by atoms with Gasteiger partial charge in [-0.25, -0.2) is 0 Å². The van der Waals surface area contributed by atoms with Crippen LogP contribution in [0, 0.1) is 0 Å². The molecule has 0 amide bonds. The largest absolute Gasteiger partial charge is 0.313 e. The molecule has 0 N–H and O–H groups in total. The van der Waals surface area contributed by atoms with Gasteiger partial charge in [-0.05, 0) is 161 Å². The van der Waals surface area contributed by atoms with Crippen molar-refractivity contribution in [1.82, 2.24) is 9.13 Å². The van der Waals surface area contributed by atoms with E-state index in [4.69, 9.17) is 0 Å². The predicted octanol–water partition coefficient (Wildman–Crippen LogP) is 21.7. The third-order valence-corrected chi connectivity index (χ3v) is 18.3. The monoisotopic (exact) mass is 1020 g/mol. The van der Waals surface area contributed by atoms with Gasteiger partial charge in [-0.2, -0.15) is 0 Å². The van der Waals surface area contributed by atoms with E-state index in [1.807, 2.05) is 11.3 Å². The van der Waals surface area contributed by atoms with E-state index in [0.29, 0.717) is 0 Å². The number of fused-ring (bicyclic) bond motifs is 13. The van der Waals surface area contributed by atoms with Crippen LogP contribution in [0.2, 0.25) is 0 Å². The van der Waals surface area contributed by atoms with E-state index in [9.17, 15) is 0 Å². The first-order chi connectivity index (χ1) is 39.2. The maximum atomic E-state index is 2.51. The molecule has 3 aromatic heterocycles. The molecule has 0 atom stereocenters. The van der Waals surface area contributed by atoms with Crippen LogP contribution in [-0.4, -0.2) is 9.13 Å². The number of nitrogens with zero attached hydrogens (tertiary/aromatic N) is 2. The molecule has 1 aliphatic rings. The van der Waals surface area contributed by atoms with Gasteiger partial charge in [0, 0.05) is 53.1 Å². The minimum absolute atomic E-state index is 1.01. The fourth-order valence-corrected chi connectivity index (χ4v) is 15.0. The molecule has 0 saturated heterocycles. The van der Waals surface area contributed by atoms with Gasteiger partial charge in [-0.3, -0.25) is 0 Å². The molecule has 17 rings (SSSR count). The second-order valence-electron chi connectivity index (χ2n) is 21.3. The summed E-state index contributed by atoms with van der Waals surface area (Å²) in [7, 11) is 0. The van der Waals surface area contributed by atoms with Gasteiger partial charge < -0.3 is 9.13 Å². The van der Waals surface area contributed by atoms with E-state index in [2.05, 4.69) is 276 Å². The van der Waals surface area contributed by atoms with Crippen molar-refractivity contribution < 1.29 is 0 Å². The fourth-order valence-electron chi connectivity index (χ4n) is 13.9. The van der Waals surface area contributed by atoms with Crippen molar-refractivity contribution in [3.05, 3.63) is 267 Å². The van der Waals surface area contributed by atoms with Gasteiger partial charge in [0.15, 0.2) is 0 Å². The summed E-state index contributed by atoms with van der Waals surface area (Å²) < 4.78 is 7.52. The molecule has 1 aliphatic carbocycles. The van der Waals surface area contributed by atoms with Gasteiger partial charge in [0.2, 0.25) is 0 Å². The van der Waals surface area contributed by atoms with Crippen molar-refractivity contribution in [1.29, 1.82) is 0 Å². The predicted molar refractivity (Wildman–Crippen MR) is 341 cm³/mol. The van der Waals surface area contributed by atoms with E-state index in [1.54, 1.807) is 0 Å². The van der Waals surface area contributed by atoms with Crippen LogP contribution >= 0.6 is 11.3 Å². The van der Waals surface area contributed by atoms with Crippen molar-refractivity contribution in [2.24, 2.45) is 0 Å². The van der Waals surface area contributed by atoms with Gasteiger partial charge in [0.1, 0.15) is 0 Å². The SMILES string of the molecule is C1=CCCC(n2c3ccccc3c3ccc(-c4c5ccccc5c(-c5ccc6sc7cccc(-c8c9ccccc9c(-c9ccc%10c%11ccccc%11n(-c%11ccccc%11)c%10c9)c9ccccc89)c7c6c5)c5ccccc45)cc32)=C1. The van der Waals surface area contributed by atoms with E-state index in [-0.39, 0.29) is 0 Å². The van der Waals surface area contributed by atoms with Crippen molar-refractivity contribution >= 4 is 124 Å². The highest BCUT2D eigenvalue weighted by Crippen LogP contribution is 2.51. The summed E-state index contributed by atoms with van der Waals surface area (Å²) in [5.41, 5.74) is 17.4. The van der Waals surface area contributed by atoms with E-state index < -0.39 is 0 Å². The first-order valence-electron chi connectivity index (χ1n) is 27.5. The van der Waals surface area contributed by atoms with E-state index in [1.165, 1.54) is 157 Å². The molecule has 0 unspecified atom stereocenters. The molecule has 13 aromatic carbocycles.